The highest BCUT2D eigenvalue weighted by Crippen LogP contribution is 2.24. The Bertz CT molecular complexity index is 381. The Morgan fingerprint density at radius 2 is 1.94 bits per heavy atom. The van der Waals surface area contributed by atoms with Crippen LogP contribution in [0.15, 0.2) is 18.2 Å². The number of aliphatic hydroxyl groups is 1. The zero-order valence-electron chi connectivity index (χ0n) is 9.90. The number of aliphatic hydroxyl groups excluding tert-OH is 1. The molecule has 1 rings (SSSR count). The molecule has 0 aliphatic carbocycles. The van der Waals surface area contributed by atoms with Crippen LogP contribution >= 0.6 is 0 Å². The van der Waals surface area contributed by atoms with E-state index in [9.17, 15) is 15.0 Å². The number of aromatic hydroxyl groups is 1. The van der Waals surface area contributed by atoms with Crippen molar-refractivity contribution in [1.29, 1.82) is 0 Å². The van der Waals surface area contributed by atoms with Gasteiger partial charge in [-0.2, -0.15) is 0 Å². The zero-order valence-corrected chi connectivity index (χ0v) is 9.90. The lowest BCUT2D eigenvalue weighted by atomic mass is 9.98. The fourth-order valence-electron chi connectivity index (χ4n) is 1.52. The van der Waals surface area contributed by atoms with Crippen molar-refractivity contribution in [2.45, 2.75) is 33.3 Å². The fourth-order valence-corrected chi connectivity index (χ4v) is 1.52. The van der Waals surface area contributed by atoms with Gasteiger partial charge in [-0.05, 0) is 30.5 Å². The molecule has 0 aliphatic rings. The molecule has 0 fully saturated rings. The maximum atomic E-state index is 11.8. The van der Waals surface area contributed by atoms with Crippen molar-refractivity contribution >= 4 is 5.78 Å². The Labute approximate surface area is 95.7 Å². The third-order valence-electron chi connectivity index (χ3n) is 2.40. The van der Waals surface area contributed by atoms with Crippen LogP contribution in [0.3, 0.4) is 0 Å². The summed E-state index contributed by atoms with van der Waals surface area (Å²) < 4.78 is 0. The van der Waals surface area contributed by atoms with Crippen molar-refractivity contribution in [1.82, 2.24) is 0 Å². The number of carbonyl (C=O) groups is 1. The van der Waals surface area contributed by atoms with E-state index in [1.54, 1.807) is 19.1 Å². The van der Waals surface area contributed by atoms with E-state index in [1.807, 2.05) is 13.8 Å². The Morgan fingerprint density at radius 3 is 2.44 bits per heavy atom. The van der Waals surface area contributed by atoms with Gasteiger partial charge in [-0.3, -0.25) is 4.79 Å². The summed E-state index contributed by atoms with van der Waals surface area (Å²) >= 11 is 0. The number of phenols is 1. The molecule has 0 aromatic heterocycles. The summed E-state index contributed by atoms with van der Waals surface area (Å²) in [5.41, 5.74) is 0.942. The van der Waals surface area contributed by atoms with Crippen LogP contribution in [-0.2, 0) is 0 Å². The number of ketones is 1. The molecule has 0 saturated heterocycles. The van der Waals surface area contributed by atoms with Gasteiger partial charge < -0.3 is 10.2 Å². The molecule has 0 unspecified atom stereocenters. The average Bonchev–Trinajstić information content (AvgIpc) is 2.16. The summed E-state index contributed by atoms with van der Waals surface area (Å²) in [5, 5.41) is 19.0. The first-order valence-corrected chi connectivity index (χ1v) is 5.46. The molecule has 0 bridgehead atoms. The van der Waals surface area contributed by atoms with Gasteiger partial charge in [-0.25, -0.2) is 0 Å². The van der Waals surface area contributed by atoms with Gasteiger partial charge in [0.15, 0.2) is 5.78 Å². The van der Waals surface area contributed by atoms with Gasteiger partial charge in [-0.1, -0.05) is 19.9 Å². The van der Waals surface area contributed by atoms with Crippen LogP contribution in [0.1, 0.15) is 49.2 Å². The zero-order chi connectivity index (χ0) is 12.3. The maximum absolute atomic E-state index is 11.8. The summed E-state index contributed by atoms with van der Waals surface area (Å²) in [4.78, 5) is 11.8. The molecule has 0 saturated carbocycles. The molecular weight excluding hydrogens is 204 g/mol. The molecule has 0 radical (unpaired) electrons. The standard InChI is InChI=1S/C13H18O3/c1-8(2)6-13(16)11-7-10(9(3)14)4-5-12(11)15/h4-5,7-9,14-15H,6H2,1-3H3/t9-/m1/s1. The van der Waals surface area contributed by atoms with Gasteiger partial charge in [0.1, 0.15) is 5.75 Å². The number of carbonyl (C=O) groups excluding carboxylic acids is 1. The predicted octanol–water partition coefficient (Wildman–Crippen LogP) is 2.67. The Hall–Kier alpha value is -1.35. The highest BCUT2D eigenvalue weighted by molar-refractivity contribution is 5.98. The molecule has 1 aromatic rings. The molecule has 0 heterocycles. The van der Waals surface area contributed by atoms with Crippen LogP contribution in [0.25, 0.3) is 0 Å². The van der Waals surface area contributed by atoms with Crippen LogP contribution in [0, 0.1) is 5.92 Å². The molecule has 1 atom stereocenters. The monoisotopic (exact) mass is 222 g/mol. The topological polar surface area (TPSA) is 57.5 Å². The van der Waals surface area contributed by atoms with Gasteiger partial charge in [0.05, 0.1) is 11.7 Å². The van der Waals surface area contributed by atoms with E-state index in [0.717, 1.165) is 0 Å². The molecule has 2 N–H and O–H groups in total. The molecule has 0 spiro atoms. The number of Topliss-reactive ketones (excluding diaryl/α,β-unsaturated/α-hetero) is 1. The number of phenolic OH excluding ortho intramolecular Hbond substituents is 1. The average molecular weight is 222 g/mol. The molecule has 1 aromatic carbocycles. The van der Waals surface area contributed by atoms with E-state index in [2.05, 4.69) is 0 Å². The van der Waals surface area contributed by atoms with E-state index in [-0.39, 0.29) is 17.5 Å². The first-order chi connectivity index (χ1) is 7.41. The van der Waals surface area contributed by atoms with Gasteiger partial charge in [0, 0.05) is 6.42 Å². The third kappa shape index (κ3) is 3.07. The second-order valence-corrected chi connectivity index (χ2v) is 4.47. The van der Waals surface area contributed by atoms with Crippen LogP contribution in [0.4, 0.5) is 0 Å². The first-order valence-electron chi connectivity index (χ1n) is 5.46. The number of hydrogen-bond donors (Lipinski definition) is 2. The van der Waals surface area contributed by atoms with E-state index in [0.29, 0.717) is 17.5 Å². The Kier molecular flexibility index (Phi) is 4.07. The third-order valence-corrected chi connectivity index (χ3v) is 2.40. The van der Waals surface area contributed by atoms with Crippen molar-refractivity contribution in [3.8, 4) is 5.75 Å². The minimum atomic E-state index is -0.633. The van der Waals surface area contributed by atoms with Crippen LogP contribution in [-0.4, -0.2) is 16.0 Å². The van der Waals surface area contributed by atoms with E-state index >= 15 is 0 Å². The predicted molar refractivity (Wildman–Crippen MR) is 62.5 cm³/mol. The van der Waals surface area contributed by atoms with Crippen molar-refractivity contribution in [2.75, 3.05) is 0 Å². The van der Waals surface area contributed by atoms with Gasteiger partial charge in [0.2, 0.25) is 0 Å². The largest absolute Gasteiger partial charge is 0.507 e. The minimum Gasteiger partial charge on any atom is -0.507 e. The van der Waals surface area contributed by atoms with Crippen LogP contribution in [0.2, 0.25) is 0 Å². The normalized spacial score (nSPS) is 12.8. The molecular formula is C13H18O3. The second-order valence-electron chi connectivity index (χ2n) is 4.47. The summed E-state index contributed by atoms with van der Waals surface area (Å²) in [6.45, 7) is 5.53. The van der Waals surface area contributed by atoms with Crippen molar-refractivity contribution in [3.63, 3.8) is 0 Å². The summed E-state index contributed by atoms with van der Waals surface area (Å²) in [6, 6.07) is 4.63. The number of hydrogen-bond acceptors (Lipinski definition) is 3. The van der Waals surface area contributed by atoms with Gasteiger partial charge in [-0.15, -0.1) is 0 Å². The van der Waals surface area contributed by atoms with E-state index in [4.69, 9.17) is 0 Å². The van der Waals surface area contributed by atoms with Crippen LogP contribution in [0.5, 0.6) is 5.75 Å². The lowest BCUT2D eigenvalue weighted by Crippen LogP contribution is -2.05. The SMILES string of the molecule is CC(C)CC(=O)c1cc([C@@H](C)O)ccc1O. The van der Waals surface area contributed by atoms with E-state index in [1.165, 1.54) is 6.07 Å². The lowest BCUT2D eigenvalue weighted by molar-refractivity contribution is 0.0965. The van der Waals surface area contributed by atoms with Gasteiger partial charge in [0.25, 0.3) is 0 Å². The van der Waals surface area contributed by atoms with Crippen LogP contribution < -0.4 is 0 Å². The molecule has 3 nitrogen and oxygen atoms in total. The van der Waals surface area contributed by atoms with Crippen molar-refractivity contribution < 1.29 is 15.0 Å². The molecule has 0 amide bonds. The highest BCUT2D eigenvalue weighted by Gasteiger charge is 2.14. The summed E-state index contributed by atoms with van der Waals surface area (Å²) in [6.07, 6.45) is -0.234. The summed E-state index contributed by atoms with van der Waals surface area (Å²) in [7, 11) is 0. The van der Waals surface area contributed by atoms with E-state index < -0.39 is 6.10 Å². The number of rotatable bonds is 4. The number of benzene rings is 1. The van der Waals surface area contributed by atoms with Gasteiger partial charge >= 0.3 is 0 Å². The fraction of sp³-hybridized carbons (Fsp3) is 0.462. The molecule has 3 heteroatoms. The minimum absolute atomic E-state index is 0.0185. The van der Waals surface area contributed by atoms with Crippen molar-refractivity contribution in [2.24, 2.45) is 5.92 Å². The molecule has 16 heavy (non-hydrogen) atoms. The molecule has 88 valence electrons. The maximum Gasteiger partial charge on any atom is 0.166 e. The first kappa shape index (κ1) is 12.7. The molecule has 0 aliphatic heterocycles. The summed E-state index contributed by atoms with van der Waals surface area (Å²) in [5.74, 6) is 0.146. The second kappa shape index (κ2) is 5.12. The lowest BCUT2D eigenvalue weighted by Gasteiger charge is -2.10. The Balaban J connectivity index is 3.02. The quantitative estimate of drug-likeness (QED) is 0.770. The smallest absolute Gasteiger partial charge is 0.166 e. The Morgan fingerprint density at radius 1 is 1.31 bits per heavy atom. The van der Waals surface area contributed by atoms with Crippen molar-refractivity contribution in [3.05, 3.63) is 29.3 Å². The highest BCUT2D eigenvalue weighted by atomic mass is 16.3.